The number of aliphatic hydroxyl groups excluding tert-OH is 1. The van der Waals surface area contributed by atoms with Crippen molar-refractivity contribution < 1.29 is 43.5 Å². The van der Waals surface area contributed by atoms with Crippen LogP contribution in [-0.2, 0) is 44.8 Å². The number of piperidine rings is 1. The molecule has 1 aromatic carbocycles. The van der Waals surface area contributed by atoms with Gasteiger partial charge in [0.05, 0.1) is 0 Å². The van der Waals surface area contributed by atoms with Crippen LogP contribution in [0.3, 0.4) is 0 Å². The second-order valence-corrected chi connectivity index (χ2v) is 9.10. The molecule has 1 aliphatic heterocycles. The third-order valence-corrected chi connectivity index (χ3v) is 4.69. The molecule has 1 heterocycles. The Kier molecular flexibility index (Phi) is 471. The van der Waals surface area contributed by atoms with E-state index in [9.17, 15) is 4.79 Å². The van der Waals surface area contributed by atoms with Crippen LogP contribution < -0.4 is 41.0 Å². The summed E-state index contributed by atoms with van der Waals surface area (Å²) >= 11 is 0. The van der Waals surface area contributed by atoms with Crippen LogP contribution in [0.5, 0.6) is 0 Å². The Balaban J connectivity index is -0.0000000187. The zero-order chi connectivity index (χ0) is 52.7. The van der Waals surface area contributed by atoms with Gasteiger partial charge in [-0.25, -0.2) is 0 Å². The number of nitrogens with zero attached hydrogens (tertiary/aromatic N) is 1. The third-order valence-electron chi connectivity index (χ3n) is 4.69. The molecule has 61 heavy (non-hydrogen) atoms. The van der Waals surface area contributed by atoms with Crippen LogP contribution in [0.2, 0.25) is 0 Å². The Morgan fingerprint density at radius 1 is 0.525 bits per heavy atom. The van der Waals surface area contributed by atoms with Crippen LogP contribution in [0.15, 0.2) is 30.3 Å². The SMILES string of the molecule is C=O.C=O.C=O.C=O.C=O.C=O.C=O.CC.CC.CC(=O)N1CCCCC1.CC(C)O.CCC(C)C.CCC(C)C.CCc1ccccc1.CN.CN.CN.CN.CN.N.N. The molecule has 0 unspecified atom stereocenters. The van der Waals surface area contributed by atoms with Crippen molar-refractivity contribution in [1.29, 1.82) is 0 Å². The first-order valence-electron chi connectivity index (χ1n) is 19.4. The van der Waals surface area contributed by atoms with Crippen LogP contribution in [-0.4, -0.2) is 118 Å². The molecular weight excluding hydrogens is 785 g/mol. The van der Waals surface area contributed by atoms with Crippen LogP contribution >= 0.6 is 0 Å². The first-order valence-corrected chi connectivity index (χ1v) is 19.4. The minimum absolute atomic E-state index is 0. The summed E-state index contributed by atoms with van der Waals surface area (Å²) in [7, 11) is 7.50. The summed E-state index contributed by atoms with van der Waals surface area (Å²) in [4.78, 5) is 68.6. The average molecular weight is 897 g/mol. The molecular formula is C44H112N8O9. The molecule has 17 heteroatoms. The van der Waals surface area contributed by atoms with Gasteiger partial charge in [0.25, 0.3) is 0 Å². The fourth-order valence-corrected chi connectivity index (χ4v) is 1.92. The average Bonchev–Trinajstić information content (AvgIpc) is 3.36. The predicted molar refractivity (Wildman–Crippen MR) is 273 cm³/mol. The number of carbonyl (C=O) groups is 8. The van der Waals surface area contributed by atoms with E-state index in [1.54, 1.807) is 20.8 Å². The van der Waals surface area contributed by atoms with E-state index < -0.39 is 0 Å². The summed E-state index contributed by atoms with van der Waals surface area (Å²) in [5.41, 5.74) is 23.9. The largest absolute Gasteiger partial charge is 0.394 e. The Morgan fingerprint density at radius 3 is 0.803 bits per heavy atom. The highest BCUT2D eigenvalue weighted by Crippen LogP contribution is 2.07. The minimum Gasteiger partial charge on any atom is -0.394 e. The maximum absolute atomic E-state index is 10.7. The number of nitrogens with two attached hydrogens (primary N) is 5. The Labute approximate surface area is 379 Å². The second-order valence-electron chi connectivity index (χ2n) is 9.10. The van der Waals surface area contributed by atoms with Crippen molar-refractivity contribution in [3.63, 3.8) is 0 Å². The number of rotatable bonds is 3. The van der Waals surface area contributed by atoms with Crippen LogP contribution in [0.1, 0.15) is 135 Å². The molecule has 1 amide bonds. The molecule has 1 aliphatic rings. The lowest BCUT2D eigenvalue weighted by atomic mass is 10.1. The Morgan fingerprint density at radius 2 is 0.705 bits per heavy atom. The standard InChI is InChI=1S/C8H10.C7H13NO.2C5H12.C3H8O.2C2H6.5CH5N.7CH2O.2H3N/c1-2-8-6-4-3-5-7-8;1-7(9)8-5-3-2-4-6-8;2*1-4-5(2)3;1-3(2)4;14*1-2;;/h3-7H,2H2,1H3;2-6H2,1H3;2*5H,4H2,1-3H3;3-4H,1-2H3;2*1-2H3;5*2H2,1H3;7*1H2;2*1H3. The lowest BCUT2D eigenvalue weighted by molar-refractivity contribution is -0.129. The van der Waals surface area contributed by atoms with Gasteiger partial charge >= 0.3 is 0 Å². The molecule has 0 spiro atoms. The molecule has 382 valence electrons. The zero-order valence-corrected chi connectivity index (χ0v) is 43.7. The van der Waals surface area contributed by atoms with E-state index in [1.807, 2.05) is 86.2 Å². The monoisotopic (exact) mass is 897 g/mol. The molecule has 0 aliphatic carbocycles. The third kappa shape index (κ3) is 337. The van der Waals surface area contributed by atoms with Crippen LogP contribution in [0.25, 0.3) is 0 Å². The molecule has 0 atom stereocenters. The lowest BCUT2D eigenvalue weighted by Gasteiger charge is -2.24. The van der Waals surface area contributed by atoms with Crippen molar-refractivity contribution in [2.75, 3.05) is 48.3 Å². The maximum atomic E-state index is 10.7. The molecule has 2 rings (SSSR count). The van der Waals surface area contributed by atoms with Crippen molar-refractivity contribution in [3.05, 3.63) is 35.9 Å². The highest BCUT2D eigenvalue weighted by molar-refractivity contribution is 5.73. The number of aryl methyl sites for hydroxylation is 1. The van der Waals surface area contributed by atoms with Gasteiger partial charge in [-0.15, -0.1) is 0 Å². The van der Waals surface area contributed by atoms with Gasteiger partial charge < -0.3 is 84.5 Å². The Bertz CT molecular complexity index is 583. The summed E-state index contributed by atoms with van der Waals surface area (Å²) in [5, 5.41) is 8.06. The van der Waals surface area contributed by atoms with Gasteiger partial charge in [0.15, 0.2) is 0 Å². The predicted octanol–water partition coefficient (Wildman–Crippen LogP) is 6.72. The number of amides is 1. The number of hydrogen-bond donors (Lipinski definition) is 8. The first-order chi connectivity index (χ1) is 28.5. The molecule has 17 nitrogen and oxygen atoms in total. The van der Waals surface area contributed by atoms with Gasteiger partial charge in [-0.3, -0.25) is 4.79 Å². The van der Waals surface area contributed by atoms with Crippen molar-refractivity contribution in [2.45, 2.75) is 142 Å². The topological polar surface area (TPSA) is 360 Å². The van der Waals surface area contributed by atoms with Crippen LogP contribution in [0.4, 0.5) is 0 Å². The van der Waals surface area contributed by atoms with Gasteiger partial charge in [-0.05, 0) is 92.2 Å². The van der Waals surface area contributed by atoms with Crippen molar-refractivity contribution in [1.82, 2.24) is 17.2 Å². The van der Waals surface area contributed by atoms with E-state index in [1.165, 1.54) is 72.9 Å². The zero-order valence-electron chi connectivity index (χ0n) is 43.7. The quantitative estimate of drug-likeness (QED) is 0.156. The minimum atomic E-state index is -0.167. The van der Waals surface area contributed by atoms with Crippen molar-refractivity contribution in [2.24, 2.45) is 40.5 Å². The van der Waals surface area contributed by atoms with Gasteiger partial charge in [-0.2, -0.15) is 0 Å². The van der Waals surface area contributed by atoms with Gasteiger partial charge in [0, 0.05) is 26.1 Å². The van der Waals surface area contributed by atoms with E-state index in [0.29, 0.717) is 0 Å². The summed E-state index contributed by atoms with van der Waals surface area (Å²) in [6.45, 7) is 44.5. The van der Waals surface area contributed by atoms with E-state index in [-0.39, 0.29) is 24.3 Å². The molecule has 17 N–H and O–H groups in total. The first kappa shape index (κ1) is 124. The molecule has 1 saturated heterocycles. The fraction of sp³-hybridized carbons (Fsp3) is 0.682. The Hall–Kier alpha value is -3.94. The van der Waals surface area contributed by atoms with Gasteiger partial charge in [-0.1, -0.05) is 119 Å². The number of hydrogen-bond acceptors (Lipinski definition) is 16. The fourth-order valence-electron chi connectivity index (χ4n) is 1.92. The molecule has 0 aromatic heterocycles. The van der Waals surface area contributed by atoms with Crippen LogP contribution in [0, 0.1) is 11.8 Å². The van der Waals surface area contributed by atoms with E-state index in [0.717, 1.165) is 31.3 Å². The highest BCUT2D eigenvalue weighted by Gasteiger charge is 2.11. The molecule has 1 aromatic rings. The van der Waals surface area contributed by atoms with Crippen molar-refractivity contribution >= 4 is 53.4 Å². The van der Waals surface area contributed by atoms with Gasteiger partial charge in [0.1, 0.15) is 47.5 Å². The smallest absolute Gasteiger partial charge is 0.219 e. The lowest BCUT2D eigenvalue weighted by Crippen LogP contribution is -2.33. The molecule has 1 fully saturated rings. The van der Waals surface area contributed by atoms with Gasteiger partial charge in [0.2, 0.25) is 5.91 Å². The molecule has 0 saturated carbocycles. The molecule has 0 bridgehead atoms. The van der Waals surface area contributed by atoms with Crippen molar-refractivity contribution in [3.8, 4) is 0 Å². The maximum Gasteiger partial charge on any atom is 0.219 e. The van der Waals surface area contributed by atoms with E-state index in [2.05, 4.69) is 101 Å². The summed E-state index contributed by atoms with van der Waals surface area (Å²) in [6.07, 6.45) is 7.27. The molecule has 0 radical (unpaired) electrons. The number of aliphatic hydroxyl groups is 1. The van der Waals surface area contributed by atoms with E-state index >= 15 is 0 Å². The summed E-state index contributed by atoms with van der Waals surface area (Å²) in [5.74, 6) is 2.00. The number of carbonyl (C=O) groups excluding carboxylic acids is 8. The normalized spacial score (nSPS) is 7.44. The highest BCUT2D eigenvalue weighted by atomic mass is 16.3. The second kappa shape index (κ2) is 232. The summed E-state index contributed by atoms with van der Waals surface area (Å²) < 4.78 is 0. The number of benzene rings is 1. The number of likely N-dealkylation sites (tertiary alicyclic amines) is 1. The van der Waals surface area contributed by atoms with E-state index in [4.69, 9.17) is 38.7 Å². The summed E-state index contributed by atoms with van der Waals surface area (Å²) in [6, 6.07) is 10.5.